The van der Waals surface area contributed by atoms with Crippen LogP contribution in [0, 0.1) is 0 Å². The zero-order chi connectivity index (χ0) is 132. The Balaban J connectivity index is 0.000000110. The van der Waals surface area contributed by atoms with Crippen LogP contribution in [0.15, 0.2) is 212 Å². The van der Waals surface area contributed by atoms with E-state index in [1.54, 1.807) is 78.9 Å². The summed E-state index contributed by atoms with van der Waals surface area (Å²) in [4.78, 5) is 158. The zero-order valence-corrected chi connectivity index (χ0v) is 75.9. The first kappa shape index (κ1) is 56.3. The summed E-state index contributed by atoms with van der Waals surface area (Å²) in [5.41, 5.74) is 0.523. The van der Waals surface area contributed by atoms with Crippen molar-refractivity contribution >= 4 is 114 Å². The Bertz CT molecular complexity index is 10400. The van der Waals surface area contributed by atoms with Gasteiger partial charge in [0.2, 0.25) is 92.9 Å². The van der Waals surface area contributed by atoms with Gasteiger partial charge in [0.15, 0.2) is 57.5 Å². The third-order valence-electron chi connectivity index (χ3n) is 26.6. The van der Waals surface area contributed by atoms with Crippen molar-refractivity contribution in [1.29, 1.82) is 0 Å². The summed E-state index contributed by atoms with van der Waals surface area (Å²) in [6.07, 6.45) is -13.8. The molecule has 15 aromatic rings. The molecule has 10 amide bonds. The van der Waals surface area contributed by atoms with Crippen molar-refractivity contribution in [2.75, 3.05) is 102 Å². The molecule has 5 fully saturated rings. The number of rotatable bonds is 5. The number of para-hydroxylation sites is 5. The third-order valence-corrected chi connectivity index (χ3v) is 26.6. The maximum atomic E-state index is 13.6. The first-order valence-electron chi connectivity index (χ1n) is 63.8. The molecule has 15 aliphatic heterocycles. The number of ether oxygens (including phenoxy) is 10. The molecule has 10 atom stereocenters. The molecule has 145 heavy (non-hydrogen) atoms. The lowest BCUT2D eigenvalue weighted by atomic mass is 9.86. The fraction of sp³-hybridized carbons (Fsp3) is 0.273. The van der Waals surface area contributed by atoms with Gasteiger partial charge in [-0.2, -0.15) is 0 Å². The summed E-state index contributed by atoms with van der Waals surface area (Å²) in [5.74, 6) is -9.67. The van der Waals surface area contributed by atoms with E-state index in [9.17, 15) is 54.8 Å². The summed E-state index contributed by atoms with van der Waals surface area (Å²) >= 11 is 0. The second-order valence-corrected chi connectivity index (χ2v) is 35.1. The highest BCUT2D eigenvalue weighted by molar-refractivity contribution is 6.03. The van der Waals surface area contributed by atoms with Crippen molar-refractivity contribution < 1.29 is 147 Å². The average molecular weight is 1990 g/mol. The van der Waals surface area contributed by atoms with Gasteiger partial charge in [-0.05, 0) is 146 Å². The minimum atomic E-state index is -3.03. The van der Waals surface area contributed by atoms with E-state index in [0.29, 0.717) is 48.9 Å². The molecule has 0 saturated carbocycles. The van der Waals surface area contributed by atoms with Crippen LogP contribution in [0.5, 0.6) is 57.5 Å². The van der Waals surface area contributed by atoms with Crippen molar-refractivity contribution in [3.63, 3.8) is 0 Å². The predicted octanol–water partition coefficient (Wildman–Crippen LogP) is 11.1. The van der Waals surface area contributed by atoms with Gasteiger partial charge in [0.25, 0.3) is 0 Å². The minimum absolute atomic E-state index is 0.00352. The quantitative estimate of drug-likeness (QED) is 0.107. The number of H-pyrrole nitrogens is 5. The number of hydrogen-bond donors (Lipinski definition) is 5. The third kappa shape index (κ3) is 14.2. The van der Waals surface area contributed by atoms with Gasteiger partial charge >= 0.3 is 0 Å². The van der Waals surface area contributed by atoms with Gasteiger partial charge in [0, 0.05) is 164 Å². The summed E-state index contributed by atoms with van der Waals surface area (Å²) < 4.78 is 379. The van der Waals surface area contributed by atoms with E-state index in [2.05, 4.69) is 24.9 Å². The number of nitrogens with one attached hydrogen (secondary N) is 5. The first-order chi connectivity index (χ1) is 85.5. The van der Waals surface area contributed by atoms with E-state index in [1.165, 1.54) is 65.6 Å². The van der Waals surface area contributed by atoms with Crippen molar-refractivity contribution in [2.45, 2.75) is 92.2 Å². The second-order valence-electron chi connectivity index (χ2n) is 35.1. The number of benzene rings is 10. The van der Waals surface area contributed by atoms with E-state index in [4.69, 9.17) is 92.6 Å². The van der Waals surface area contributed by atoms with Gasteiger partial charge < -0.3 is 121 Å². The molecule has 5 aromatic heterocycles. The summed E-state index contributed by atoms with van der Waals surface area (Å²) in [5, 5.41) is 0.744. The molecule has 10 aromatic carbocycles. The smallest absolute Gasteiger partial charge is 0.245 e. The molecular weight excluding hydrogens is 1850 g/mol. The van der Waals surface area contributed by atoms with Gasteiger partial charge in [-0.25, -0.2) is 0 Å². The Hall–Kier alpha value is -17.4. The number of piperazine rings is 5. The average Bonchev–Trinajstić information content (AvgIpc) is 1.63. The Morgan fingerprint density at radius 2 is 0.524 bits per heavy atom. The van der Waals surface area contributed by atoms with Crippen LogP contribution < -0.4 is 47.4 Å². The number of fused-ring (bicyclic) bond motifs is 25. The normalized spacial score (nSPS) is 31.9. The fourth-order valence-corrected chi connectivity index (χ4v) is 19.9. The number of likely N-dealkylation sites (N-methyl/N-ethyl adjacent to an activating group) is 5. The molecule has 5 saturated heterocycles. The molecule has 20 heterocycles. The molecule has 35 heteroatoms. The molecule has 5 N–H and O–H groups in total. The number of hydrogen-bond acceptors (Lipinski definition) is 20. The lowest BCUT2D eigenvalue weighted by Crippen LogP contribution is -2.62. The molecule has 5 unspecified atom stereocenters. The van der Waals surface area contributed by atoms with Gasteiger partial charge in [0.1, 0.15) is 38.3 Å². The van der Waals surface area contributed by atoms with Gasteiger partial charge in [0.05, 0.1) is 93.1 Å². The van der Waals surface area contributed by atoms with Crippen molar-refractivity contribution in [1.82, 2.24) is 73.9 Å². The maximum Gasteiger partial charge on any atom is 0.245 e. The Morgan fingerprint density at radius 3 is 0.855 bits per heavy atom. The highest BCUT2D eigenvalue weighted by Gasteiger charge is 2.55. The van der Waals surface area contributed by atoms with E-state index in [0.717, 1.165) is 44.1 Å². The van der Waals surface area contributed by atoms with Crippen LogP contribution in [0.3, 0.4) is 0 Å². The maximum absolute atomic E-state index is 13.6. The van der Waals surface area contributed by atoms with Crippen LogP contribution in [0.1, 0.15) is 166 Å². The molecule has 15 aliphatic rings. The topological polar surface area (TPSA) is 374 Å². The summed E-state index contributed by atoms with van der Waals surface area (Å²) in [6.45, 7) is -10.2. The SMILES string of the molecule is [2H]C1([2H])Oc2ccc(C3c4[nH]c5ccccc5c4C([2H])([2H])[C@]4([2H])C(=O)N(C)CC(=O)N34)cc2O1.[2H]c1c([2H])c(C2c3[nH]c4c([2H])c([2H])c([2H])c([2H])c4c3C([2H])([2H])[C@]3([2H])C(=O)N(C)CC(=O)N23)c([2H])c2c1OCO2.[2H]c1c([2H])c(C2c3[nH]c4ccccc4c3C([2H])([2H])[C@]3([2H])C(=O)N(C)CC(=O)N23)c([2H])c2c1OC([2H])([2H])O2.[2H]c1c([2H])c(C2c3[nH]c4ccccc4c3C([2H])([2H])[C@]3([2H])C(=O)N(C)CC(=O)N23)c([2H])c2c1OCO2.[2H]c1c([2H])c([2H])c2c3c([nH]c2c1[2H])C(c1ccc2c(c1)OC([2H])([2H])O2)N1C(=O)CN(C)C(=O)[C@@]1([2H])C3([2H])[2H]. The summed E-state index contributed by atoms with van der Waals surface area (Å²) in [6, 6.07) is -0.916. The molecule has 0 bridgehead atoms. The number of nitrogens with zero attached hydrogens (tertiary/aromatic N) is 10. The van der Waals surface area contributed by atoms with Gasteiger partial charge in [-0.3, -0.25) is 47.9 Å². The lowest BCUT2D eigenvalue weighted by Gasteiger charge is -2.46. The number of amides is 10. The molecule has 35 nitrogen and oxygen atoms in total. The predicted molar refractivity (Wildman–Crippen MR) is 523 cm³/mol. The highest BCUT2D eigenvalue weighted by Crippen LogP contribution is 2.53. The van der Waals surface area contributed by atoms with Crippen LogP contribution in [-0.4, -0.2) is 265 Å². The number of carbonyl (C=O) groups excluding carboxylic acids is 10. The van der Waals surface area contributed by atoms with Crippen molar-refractivity contribution in [3.05, 3.63) is 296 Å². The fourth-order valence-electron chi connectivity index (χ4n) is 19.9. The number of aromatic amines is 5. The van der Waals surface area contributed by atoms with E-state index < -0.39 is 305 Å². The van der Waals surface area contributed by atoms with Crippen molar-refractivity contribution in [2.24, 2.45) is 0 Å². The van der Waals surface area contributed by atoms with E-state index in [-0.39, 0.29) is 167 Å². The highest BCUT2D eigenvalue weighted by atomic mass is 16.7. The molecule has 0 radical (unpaired) electrons. The van der Waals surface area contributed by atoms with Crippen molar-refractivity contribution in [3.8, 4) is 57.5 Å². The van der Waals surface area contributed by atoms with Crippen LogP contribution in [0.25, 0.3) is 54.5 Å². The van der Waals surface area contributed by atoms with Gasteiger partial charge in [-0.1, -0.05) is 121 Å². The lowest BCUT2D eigenvalue weighted by molar-refractivity contribution is -0.157. The van der Waals surface area contributed by atoms with E-state index >= 15 is 0 Å². The largest absolute Gasteiger partial charge is 0.454 e. The molecule has 0 spiro atoms. The standard InChI is InChI=1S/5C22H19N3O4/c5*1-24-10-19(26)25-16(22(24)27)9-14-13-4-2-3-5-15(13)23-20(14)21(25)12-6-7-17-18(8-12)29-11-28-17/h5*2-8,16,21,23H,9-11H2,1H3/t5*16-,21?/m11111/s1/i2D,3D,4D,5D,6D,7D,8D,9D2,16D;2D,3D,4D,5D,9D2,11D2,16D;6D,7D,8D,9D2,11D2,16D;6D,7D,8D,9D2,16D;9D2,11D2,16D. The van der Waals surface area contributed by atoms with Crippen LogP contribution in [0.2, 0.25) is 0 Å². The Labute approximate surface area is 880 Å². The molecule has 0 aliphatic carbocycles. The Kier molecular flexibility index (Phi) is 13.2. The second kappa shape index (κ2) is 33.9. The Morgan fingerprint density at radius 1 is 0.269 bits per heavy atom. The molecular formula is C110H95N15O20. The number of aromatic nitrogens is 5. The molecule has 30 rings (SSSR count). The monoisotopic (exact) mass is 1980 g/mol. The van der Waals surface area contributed by atoms with Crippen LogP contribution in [-0.2, 0) is 79.8 Å². The summed E-state index contributed by atoms with van der Waals surface area (Å²) in [7, 11) is 6.51. The van der Waals surface area contributed by atoms with Crippen LogP contribution in [0.4, 0.5) is 0 Å². The molecule has 730 valence electrons. The minimum Gasteiger partial charge on any atom is -0.454 e. The van der Waals surface area contributed by atoms with Crippen LogP contribution >= 0.6 is 0 Å². The zero-order valence-electron chi connectivity index (χ0n) is 114. The van der Waals surface area contributed by atoms with Gasteiger partial charge in [-0.15, -0.1) is 0 Å². The first-order valence-corrected chi connectivity index (χ1v) is 44.8. The van der Waals surface area contributed by atoms with E-state index in [1.807, 2.05) is 0 Å². The number of carbonyl (C=O) groups is 10.